The van der Waals surface area contributed by atoms with Crippen molar-refractivity contribution in [3.63, 3.8) is 0 Å². The van der Waals surface area contributed by atoms with Gasteiger partial charge in [-0.25, -0.2) is 0 Å². The van der Waals surface area contributed by atoms with Gasteiger partial charge in [0.2, 0.25) is 11.8 Å². The first-order valence-electron chi connectivity index (χ1n) is 7.78. The van der Waals surface area contributed by atoms with Gasteiger partial charge >= 0.3 is 0 Å². The predicted molar refractivity (Wildman–Crippen MR) is 90.5 cm³/mol. The van der Waals surface area contributed by atoms with Crippen LogP contribution in [0, 0.1) is 5.92 Å². The van der Waals surface area contributed by atoms with E-state index in [-0.39, 0.29) is 29.7 Å². The van der Waals surface area contributed by atoms with Crippen LogP contribution in [0.5, 0.6) is 0 Å². The third-order valence-electron chi connectivity index (χ3n) is 4.16. The second-order valence-corrected chi connectivity index (χ2v) is 6.97. The van der Waals surface area contributed by atoms with Crippen LogP contribution in [-0.4, -0.2) is 23.9 Å². The van der Waals surface area contributed by atoms with Crippen molar-refractivity contribution in [2.75, 3.05) is 0 Å². The molecule has 1 aliphatic carbocycles. The fraction of sp³-hybridized carbons (Fsp3) is 0.529. The van der Waals surface area contributed by atoms with Crippen molar-refractivity contribution >= 4 is 27.7 Å². The topological polar surface area (TPSA) is 58.2 Å². The Morgan fingerprint density at radius 2 is 2.05 bits per heavy atom. The first kappa shape index (κ1) is 17.0. The van der Waals surface area contributed by atoms with E-state index < -0.39 is 6.04 Å². The van der Waals surface area contributed by atoms with Gasteiger partial charge in [-0.3, -0.25) is 9.59 Å². The molecule has 0 radical (unpaired) electrons. The van der Waals surface area contributed by atoms with E-state index in [1.165, 1.54) is 5.56 Å². The quantitative estimate of drug-likeness (QED) is 0.812. The third kappa shape index (κ3) is 4.32. The molecule has 0 bridgehead atoms. The molecular weight excluding hydrogens is 344 g/mol. The summed E-state index contributed by atoms with van der Waals surface area (Å²) in [7, 11) is 0. The summed E-state index contributed by atoms with van der Waals surface area (Å²) < 4.78 is 1.03. The van der Waals surface area contributed by atoms with Crippen molar-refractivity contribution < 1.29 is 9.59 Å². The van der Waals surface area contributed by atoms with Crippen LogP contribution in [0.2, 0.25) is 0 Å². The van der Waals surface area contributed by atoms with E-state index in [4.69, 9.17) is 0 Å². The summed E-state index contributed by atoms with van der Waals surface area (Å²) in [6, 6.07) is 7.68. The lowest BCUT2D eigenvalue weighted by atomic mass is 10.1. The maximum atomic E-state index is 12.2. The van der Waals surface area contributed by atoms with E-state index in [2.05, 4.69) is 32.6 Å². The maximum absolute atomic E-state index is 12.2. The largest absolute Gasteiger partial charge is 0.352 e. The van der Waals surface area contributed by atoms with Crippen LogP contribution in [0.3, 0.4) is 0 Å². The van der Waals surface area contributed by atoms with Crippen molar-refractivity contribution in [1.82, 2.24) is 10.6 Å². The van der Waals surface area contributed by atoms with Gasteiger partial charge in [0.1, 0.15) is 6.04 Å². The van der Waals surface area contributed by atoms with Crippen LogP contribution in [0.25, 0.3) is 0 Å². The van der Waals surface area contributed by atoms with Crippen LogP contribution >= 0.6 is 15.9 Å². The van der Waals surface area contributed by atoms with Gasteiger partial charge in [0.05, 0.1) is 0 Å². The van der Waals surface area contributed by atoms with Gasteiger partial charge in [0.15, 0.2) is 0 Å². The summed E-state index contributed by atoms with van der Waals surface area (Å²) in [5, 5.41) is 5.71. The Kier molecular flexibility index (Phi) is 5.62. The Hall–Kier alpha value is -1.36. The smallest absolute Gasteiger partial charge is 0.242 e. The molecule has 4 nitrogen and oxygen atoms in total. The minimum Gasteiger partial charge on any atom is -0.352 e. The van der Waals surface area contributed by atoms with Crippen LogP contribution in [0.4, 0.5) is 0 Å². The number of hydrogen-bond acceptors (Lipinski definition) is 2. The first-order chi connectivity index (χ1) is 10.4. The highest BCUT2D eigenvalue weighted by Crippen LogP contribution is 2.47. The van der Waals surface area contributed by atoms with Crippen LogP contribution in [-0.2, 0) is 9.59 Å². The maximum Gasteiger partial charge on any atom is 0.242 e. The predicted octanol–water partition coefficient (Wildman–Crippen LogP) is 2.97. The van der Waals surface area contributed by atoms with Gasteiger partial charge in [-0.2, -0.15) is 0 Å². The molecule has 1 aliphatic rings. The Morgan fingerprint density at radius 1 is 1.32 bits per heavy atom. The fourth-order valence-electron chi connectivity index (χ4n) is 2.45. The fourth-order valence-corrected chi connectivity index (χ4v) is 2.86. The number of carbonyl (C=O) groups is 2. The van der Waals surface area contributed by atoms with Gasteiger partial charge in [-0.15, -0.1) is 0 Å². The standard InChI is InChI=1S/C17H23BrN2O2/c1-4-10(2)19-16(21)11(3)20-17(22)15-9-14(15)12-6-5-7-13(18)8-12/h5-8,10-11,14-15H,4,9H2,1-3H3,(H,19,21)(H,20,22). The molecule has 2 amide bonds. The molecule has 0 spiro atoms. The Labute approximate surface area is 140 Å². The van der Waals surface area contributed by atoms with Crippen molar-refractivity contribution in [2.24, 2.45) is 5.92 Å². The number of carbonyl (C=O) groups excluding carboxylic acids is 2. The van der Waals surface area contributed by atoms with E-state index in [0.29, 0.717) is 0 Å². The highest BCUT2D eigenvalue weighted by atomic mass is 79.9. The molecule has 0 saturated heterocycles. The second kappa shape index (κ2) is 7.27. The van der Waals surface area contributed by atoms with Gasteiger partial charge in [-0.05, 0) is 50.3 Å². The number of halogens is 1. The molecule has 1 saturated carbocycles. The van der Waals surface area contributed by atoms with Crippen molar-refractivity contribution in [3.05, 3.63) is 34.3 Å². The minimum atomic E-state index is -0.495. The molecule has 4 atom stereocenters. The Morgan fingerprint density at radius 3 is 2.68 bits per heavy atom. The van der Waals surface area contributed by atoms with E-state index >= 15 is 0 Å². The SMILES string of the molecule is CCC(C)NC(=O)C(C)NC(=O)C1CC1c1cccc(Br)c1. The van der Waals surface area contributed by atoms with Gasteiger partial charge in [0.25, 0.3) is 0 Å². The average molecular weight is 367 g/mol. The molecule has 22 heavy (non-hydrogen) atoms. The lowest BCUT2D eigenvalue weighted by Crippen LogP contribution is -2.47. The molecule has 5 heteroatoms. The van der Waals surface area contributed by atoms with E-state index in [0.717, 1.165) is 17.3 Å². The Bertz CT molecular complexity index is 561. The summed E-state index contributed by atoms with van der Waals surface area (Å²) in [5.41, 5.74) is 1.17. The normalized spacial score (nSPS) is 22.5. The zero-order valence-electron chi connectivity index (χ0n) is 13.2. The molecule has 1 aromatic carbocycles. The number of rotatable bonds is 6. The number of amides is 2. The summed E-state index contributed by atoms with van der Waals surface area (Å²) in [6.45, 7) is 5.70. The summed E-state index contributed by atoms with van der Waals surface area (Å²) in [4.78, 5) is 24.2. The molecule has 2 rings (SSSR count). The average Bonchev–Trinajstić information content (AvgIpc) is 3.27. The lowest BCUT2D eigenvalue weighted by Gasteiger charge is -2.17. The van der Waals surface area contributed by atoms with Gasteiger partial charge in [0, 0.05) is 16.4 Å². The monoisotopic (exact) mass is 366 g/mol. The summed E-state index contributed by atoms with van der Waals surface area (Å²) in [6.07, 6.45) is 1.72. The molecule has 2 N–H and O–H groups in total. The third-order valence-corrected chi connectivity index (χ3v) is 4.65. The molecule has 1 aromatic rings. The molecule has 0 aromatic heterocycles. The van der Waals surface area contributed by atoms with Crippen molar-refractivity contribution in [1.29, 1.82) is 0 Å². The van der Waals surface area contributed by atoms with Crippen molar-refractivity contribution in [3.8, 4) is 0 Å². The molecular formula is C17H23BrN2O2. The minimum absolute atomic E-state index is 0.0202. The molecule has 0 aliphatic heterocycles. The second-order valence-electron chi connectivity index (χ2n) is 6.05. The van der Waals surface area contributed by atoms with Gasteiger partial charge in [-0.1, -0.05) is 35.0 Å². The molecule has 4 unspecified atom stereocenters. The Balaban J connectivity index is 1.85. The van der Waals surface area contributed by atoms with Crippen molar-refractivity contribution in [2.45, 2.75) is 51.6 Å². The zero-order chi connectivity index (χ0) is 16.3. The highest BCUT2D eigenvalue weighted by Gasteiger charge is 2.44. The molecule has 1 fully saturated rings. The van der Waals surface area contributed by atoms with Crippen LogP contribution in [0.15, 0.2) is 28.7 Å². The number of benzene rings is 1. The van der Waals surface area contributed by atoms with Crippen LogP contribution in [0.1, 0.15) is 45.1 Å². The summed E-state index contributed by atoms with van der Waals surface area (Å²) >= 11 is 3.45. The number of nitrogens with one attached hydrogen (secondary N) is 2. The summed E-state index contributed by atoms with van der Waals surface area (Å²) in [5.74, 6) is 0.0922. The highest BCUT2D eigenvalue weighted by molar-refractivity contribution is 9.10. The van der Waals surface area contributed by atoms with Gasteiger partial charge < -0.3 is 10.6 Å². The lowest BCUT2D eigenvalue weighted by molar-refractivity contribution is -0.129. The van der Waals surface area contributed by atoms with E-state index in [1.54, 1.807) is 6.92 Å². The van der Waals surface area contributed by atoms with Crippen LogP contribution < -0.4 is 10.6 Å². The number of hydrogen-bond donors (Lipinski definition) is 2. The first-order valence-corrected chi connectivity index (χ1v) is 8.57. The zero-order valence-corrected chi connectivity index (χ0v) is 14.8. The molecule has 0 heterocycles. The van der Waals surface area contributed by atoms with E-state index in [9.17, 15) is 9.59 Å². The van der Waals surface area contributed by atoms with E-state index in [1.807, 2.05) is 32.0 Å². The molecule has 120 valence electrons.